The molecule has 194 valence electrons. The molecular formula is C38H29BN2. The van der Waals surface area contributed by atoms with Gasteiger partial charge in [-0.25, -0.2) is 0 Å². The number of fused-ring (bicyclic) bond motifs is 3. The first-order valence-corrected chi connectivity index (χ1v) is 14.6. The van der Waals surface area contributed by atoms with Gasteiger partial charge in [-0.1, -0.05) is 104 Å². The molecule has 0 bridgehead atoms. The van der Waals surface area contributed by atoms with E-state index in [0.29, 0.717) is 0 Å². The van der Waals surface area contributed by atoms with Crippen molar-refractivity contribution in [2.45, 2.75) is 26.2 Å². The Kier molecular flexibility index (Phi) is 4.44. The Balaban J connectivity index is 1.46. The number of hydrogen-bond donors (Lipinski definition) is 1. The van der Waals surface area contributed by atoms with Crippen LogP contribution in [0.4, 0.5) is 11.4 Å². The second-order valence-electron chi connectivity index (χ2n) is 12.3. The van der Waals surface area contributed by atoms with Crippen molar-refractivity contribution in [2.24, 2.45) is 0 Å². The first-order valence-electron chi connectivity index (χ1n) is 14.6. The summed E-state index contributed by atoms with van der Waals surface area (Å²) in [4.78, 5) is 0. The number of nitrogens with one attached hydrogen (secondary N) is 1. The van der Waals surface area contributed by atoms with Gasteiger partial charge in [0.1, 0.15) is 0 Å². The summed E-state index contributed by atoms with van der Waals surface area (Å²) in [6, 6.07) is 40.1. The van der Waals surface area contributed by atoms with Crippen LogP contribution < -0.4 is 16.2 Å². The molecule has 0 saturated heterocycles. The highest BCUT2D eigenvalue weighted by Crippen LogP contribution is 2.51. The van der Waals surface area contributed by atoms with Crippen LogP contribution in [0.25, 0.3) is 49.4 Å². The van der Waals surface area contributed by atoms with Gasteiger partial charge < -0.3 is 9.88 Å². The Morgan fingerprint density at radius 2 is 1.46 bits per heavy atom. The molecule has 0 saturated carbocycles. The molecular weight excluding hydrogens is 495 g/mol. The summed E-state index contributed by atoms with van der Waals surface area (Å²) in [5.41, 5.74) is 15.9. The number of benzene rings is 6. The SMILES string of the molecule is Cc1cc(-c2ccccc2Nc2ccccc2)c2c3c1c1c4ccccc4cc4c1n3-c1c(cccc1C4(C)C)B2. The number of aromatic nitrogens is 1. The zero-order valence-electron chi connectivity index (χ0n) is 23.5. The van der Waals surface area contributed by atoms with Gasteiger partial charge in [0, 0.05) is 44.3 Å². The van der Waals surface area contributed by atoms with Crippen molar-refractivity contribution in [1.29, 1.82) is 0 Å². The van der Waals surface area contributed by atoms with Crippen LogP contribution in [0.3, 0.4) is 0 Å². The van der Waals surface area contributed by atoms with Crippen molar-refractivity contribution in [3.8, 4) is 16.8 Å². The smallest absolute Gasteiger partial charge is 0.198 e. The number of aryl methyl sites for hydroxylation is 1. The number of rotatable bonds is 3. The molecule has 3 heteroatoms. The van der Waals surface area contributed by atoms with Gasteiger partial charge in [-0.3, -0.25) is 0 Å². The van der Waals surface area contributed by atoms with E-state index in [9.17, 15) is 0 Å². The molecule has 2 nitrogen and oxygen atoms in total. The van der Waals surface area contributed by atoms with Crippen molar-refractivity contribution in [2.75, 3.05) is 5.32 Å². The van der Waals surface area contributed by atoms with Crippen LogP contribution in [-0.2, 0) is 5.41 Å². The Bertz CT molecular complexity index is 2240. The summed E-state index contributed by atoms with van der Waals surface area (Å²) in [5, 5.41) is 9.20. The third kappa shape index (κ3) is 2.93. The lowest BCUT2D eigenvalue weighted by Gasteiger charge is -2.38. The molecule has 6 aromatic carbocycles. The van der Waals surface area contributed by atoms with Gasteiger partial charge in [-0.05, 0) is 69.7 Å². The lowest BCUT2D eigenvalue weighted by atomic mass is 9.57. The summed E-state index contributed by atoms with van der Waals surface area (Å²) < 4.78 is 2.64. The Hall–Kier alpha value is -4.76. The van der Waals surface area contributed by atoms with Gasteiger partial charge in [0.05, 0.1) is 5.52 Å². The average Bonchev–Trinajstić information content (AvgIpc) is 3.36. The molecule has 0 radical (unpaired) electrons. The molecule has 0 spiro atoms. The predicted molar refractivity (Wildman–Crippen MR) is 177 cm³/mol. The second kappa shape index (κ2) is 7.92. The largest absolute Gasteiger partial charge is 0.355 e. The van der Waals surface area contributed by atoms with Gasteiger partial charge in [-0.15, -0.1) is 0 Å². The van der Waals surface area contributed by atoms with E-state index < -0.39 is 0 Å². The van der Waals surface area contributed by atoms with Crippen LogP contribution in [0.2, 0.25) is 0 Å². The summed E-state index contributed by atoms with van der Waals surface area (Å²) in [6.45, 7) is 7.13. The highest BCUT2D eigenvalue weighted by atomic mass is 15.0. The van der Waals surface area contributed by atoms with Crippen LogP contribution in [0.1, 0.15) is 30.5 Å². The van der Waals surface area contributed by atoms with E-state index in [-0.39, 0.29) is 5.41 Å². The minimum absolute atomic E-state index is 0.0849. The number of para-hydroxylation sites is 3. The maximum Gasteiger partial charge on any atom is 0.198 e. The van der Waals surface area contributed by atoms with Crippen LogP contribution in [0, 0.1) is 6.92 Å². The normalized spacial score (nSPS) is 14.1. The van der Waals surface area contributed by atoms with Crippen molar-refractivity contribution in [3.63, 3.8) is 0 Å². The zero-order chi connectivity index (χ0) is 27.5. The molecule has 0 unspecified atom stereocenters. The van der Waals surface area contributed by atoms with Gasteiger partial charge in [0.15, 0.2) is 7.28 Å². The van der Waals surface area contributed by atoms with E-state index in [1.54, 1.807) is 0 Å². The van der Waals surface area contributed by atoms with E-state index in [0.717, 1.165) is 18.7 Å². The van der Waals surface area contributed by atoms with E-state index in [4.69, 9.17) is 0 Å². The molecule has 0 fully saturated rings. The highest BCUT2D eigenvalue weighted by Gasteiger charge is 2.40. The minimum Gasteiger partial charge on any atom is -0.355 e. The third-order valence-corrected chi connectivity index (χ3v) is 9.65. The molecule has 1 aromatic heterocycles. The summed E-state index contributed by atoms with van der Waals surface area (Å²) in [7, 11) is 0.925. The molecule has 41 heavy (non-hydrogen) atoms. The first kappa shape index (κ1) is 23.0. The van der Waals surface area contributed by atoms with Gasteiger partial charge in [0.2, 0.25) is 0 Å². The van der Waals surface area contributed by atoms with Gasteiger partial charge in [0.25, 0.3) is 0 Å². The molecule has 2 aliphatic rings. The fourth-order valence-corrected chi connectivity index (χ4v) is 7.80. The molecule has 0 aliphatic carbocycles. The monoisotopic (exact) mass is 524 g/mol. The molecule has 1 N–H and O–H groups in total. The van der Waals surface area contributed by atoms with Gasteiger partial charge in [-0.2, -0.15) is 0 Å². The van der Waals surface area contributed by atoms with Crippen molar-refractivity contribution >= 4 is 62.2 Å². The predicted octanol–water partition coefficient (Wildman–Crippen LogP) is 8.00. The zero-order valence-corrected chi connectivity index (χ0v) is 23.5. The summed E-state index contributed by atoms with van der Waals surface area (Å²) in [5.74, 6) is 0. The molecule has 3 heterocycles. The van der Waals surface area contributed by atoms with Gasteiger partial charge >= 0.3 is 0 Å². The fourth-order valence-electron chi connectivity index (χ4n) is 7.80. The van der Waals surface area contributed by atoms with Crippen LogP contribution in [0.5, 0.6) is 0 Å². The Morgan fingerprint density at radius 1 is 0.683 bits per heavy atom. The maximum absolute atomic E-state index is 3.71. The van der Waals surface area contributed by atoms with E-state index >= 15 is 0 Å². The van der Waals surface area contributed by atoms with Crippen LogP contribution in [0.15, 0.2) is 109 Å². The number of anilines is 2. The van der Waals surface area contributed by atoms with Crippen molar-refractivity contribution in [3.05, 3.63) is 126 Å². The van der Waals surface area contributed by atoms with E-state index in [2.05, 4.69) is 140 Å². The van der Waals surface area contributed by atoms with Crippen LogP contribution >= 0.6 is 0 Å². The summed E-state index contributed by atoms with van der Waals surface area (Å²) in [6.07, 6.45) is 0. The van der Waals surface area contributed by atoms with Crippen molar-refractivity contribution in [1.82, 2.24) is 4.57 Å². The average molecular weight is 524 g/mol. The summed E-state index contributed by atoms with van der Waals surface area (Å²) >= 11 is 0. The third-order valence-electron chi connectivity index (χ3n) is 9.65. The molecule has 7 aromatic rings. The molecule has 0 atom stereocenters. The van der Waals surface area contributed by atoms with Crippen LogP contribution in [-0.4, -0.2) is 11.8 Å². The molecule has 9 rings (SSSR count). The number of hydrogen-bond acceptors (Lipinski definition) is 1. The topological polar surface area (TPSA) is 17.0 Å². The molecule has 2 aliphatic heterocycles. The molecule has 0 amide bonds. The first-order chi connectivity index (χ1) is 20.0. The second-order valence-corrected chi connectivity index (χ2v) is 12.3. The minimum atomic E-state index is -0.0849. The lowest BCUT2D eigenvalue weighted by Crippen LogP contribution is -2.41. The lowest BCUT2D eigenvalue weighted by molar-refractivity contribution is 0.632. The Morgan fingerprint density at radius 3 is 2.34 bits per heavy atom. The van der Waals surface area contributed by atoms with Crippen molar-refractivity contribution < 1.29 is 0 Å². The Labute approximate surface area is 240 Å². The quantitative estimate of drug-likeness (QED) is 0.232. The van der Waals surface area contributed by atoms with E-state index in [1.165, 1.54) is 77.0 Å². The van der Waals surface area contributed by atoms with E-state index in [1.807, 2.05) is 0 Å². The fraction of sp³-hybridized carbons (Fsp3) is 0.105. The number of nitrogens with zero attached hydrogens (tertiary/aromatic N) is 1. The standard InChI is InChI=1S/C38H29BN2/c1-22-20-27(26-16-9-10-19-31(26)40-24-13-5-4-6-14-24)34-37-32(22)33-25-15-8-7-12-23(25)21-29-36(33)41(37)35-28(38(29,2)3)17-11-18-30(35)39-34/h4-21,39-40H,1-3H3. The highest BCUT2D eigenvalue weighted by molar-refractivity contribution is 6.73. The maximum atomic E-state index is 3.71.